The van der Waals surface area contributed by atoms with Crippen LogP contribution >= 0.6 is 0 Å². The number of non-ortho nitro benzene ring substituents is 1. The van der Waals surface area contributed by atoms with Crippen molar-refractivity contribution in [3.63, 3.8) is 0 Å². The largest absolute Gasteiger partial charge is 0.444 e. The van der Waals surface area contributed by atoms with Crippen molar-refractivity contribution >= 4 is 17.7 Å². The van der Waals surface area contributed by atoms with Crippen molar-refractivity contribution in [1.29, 1.82) is 0 Å². The van der Waals surface area contributed by atoms with Crippen molar-refractivity contribution in [1.82, 2.24) is 0 Å². The summed E-state index contributed by atoms with van der Waals surface area (Å²) >= 11 is 0. The van der Waals surface area contributed by atoms with Crippen LogP contribution < -0.4 is 11.5 Å². The van der Waals surface area contributed by atoms with Crippen LogP contribution in [0.2, 0.25) is 0 Å². The fourth-order valence-corrected chi connectivity index (χ4v) is 2.22. The van der Waals surface area contributed by atoms with Crippen LogP contribution in [0, 0.1) is 16.0 Å². The molecule has 4 N–H and O–H groups in total. The van der Waals surface area contributed by atoms with Crippen molar-refractivity contribution in [2.75, 3.05) is 0 Å². The van der Waals surface area contributed by atoms with Crippen LogP contribution in [0.15, 0.2) is 24.3 Å². The summed E-state index contributed by atoms with van der Waals surface area (Å²) in [6.45, 7) is 3.26. The molecule has 0 saturated heterocycles. The summed E-state index contributed by atoms with van der Waals surface area (Å²) < 4.78 is 4.95. The Labute approximate surface area is 127 Å². The van der Waals surface area contributed by atoms with Gasteiger partial charge in [-0.1, -0.05) is 12.1 Å². The molecule has 0 radical (unpaired) electrons. The molecule has 8 nitrogen and oxygen atoms in total. The van der Waals surface area contributed by atoms with E-state index in [4.69, 9.17) is 16.2 Å². The van der Waals surface area contributed by atoms with E-state index in [1.807, 2.05) is 0 Å². The predicted molar refractivity (Wildman–Crippen MR) is 78.8 cm³/mol. The Balaban J connectivity index is 2.82. The van der Waals surface area contributed by atoms with Crippen molar-refractivity contribution in [3.8, 4) is 0 Å². The van der Waals surface area contributed by atoms with E-state index in [1.54, 1.807) is 26.0 Å². The predicted octanol–water partition coefficient (Wildman–Crippen LogP) is 1.50. The summed E-state index contributed by atoms with van der Waals surface area (Å²) in [5, 5.41) is 10.6. The van der Waals surface area contributed by atoms with Gasteiger partial charge in [-0.05, 0) is 32.3 Å². The molecule has 1 unspecified atom stereocenters. The Morgan fingerprint density at radius 3 is 2.23 bits per heavy atom. The molecule has 1 aromatic carbocycles. The van der Waals surface area contributed by atoms with E-state index in [-0.39, 0.29) is 12.1 Å². The summed E-state index contributed by atoms with van der Waals surface area (Å²) in [6.07, 6.45) is -0.440. The Kier molecular flexibility index (Phi) is 5.44. The first-order valence-electron chi connectivity index (χ1n) is 6.62. The average Bonchev–Trinajstić information content (AvgIpc) is 2.36. The van der Waals surface area contributed by atoms with Gasteiger partial charge in [0, 0.05) is 18.1 Å². The fraction of sp³-hybridized carbons (Fsp3) is 0.429. The quantitative estimate of drug-likeness (QED) is 0.580. The number of benzene rings is 1. The van der Waals surface area contributed by atoms with E-state index in [0.29, 0.717) is 6.42 Å². The highest BCUT2D eigenvalue weighted by Gasteiger charge is 2.29. The molecule has 0 fully saturated rings. The lowest BCUT2D eigenvalue weighted by Gasteiger charge is -2.27. The zero-order valence-electron chi connectivity index (χ0n) is 12.4. The minimum absolute atomic E-state index is 0.0308. The maximum atomic E-state index is 11.6. The first-order chi connectivity index (χ1) is 10.1. The average molecular weight is 309 g/mol. The monoisotopic (exact) mass is 309 g/mol. The molecule has 1 rings (SSSR count). The zero-order chi connectivity index (χ0) is 16.9. The van der Waals surface area contributed by atoms with Crippen molar-refractivity contribution < 1.29 is 19.2 Å². The molecule has 0 aliphatic heterocycles. The van der Waals surface area contributed by atoms with Crippen LogP contribution in [0.25, 0.3) is 0 Å². The number of rotatable bonds is 7. The number of nitrogens with two attached hydrogens (primary N) is 2. The lowest BCUT2D eigenvalue weighted by molar-refractivity contribution is -0.384. The third kappa shape index (κ3) is 5.39. The Hall–Kier alpha value is -2.64. The van der Waals surface area contributed by atoms with Gasteiger partial charge in [0.25, 0.3) is 5.69 Å². The molecule has 0 bridgehead atoms. The Morgan fingerprint density at radius 1 is 1.27 bits per heavy atom. The third-order valence-corrected chi connectivity index (χ3v) is 3.15. The molecule has 0 aliphatic rings. The van der Waals surface area contributed by atoms with Crippen LogP contribution in [0.5, 0.6) is 0 Å². The van der Waals surface area contributed by atoms with Crippen molar-refractivity contribution in [2.45, 2.75) is 32.3 Å². The minimum Gasteiger partial charge on any atom is -0.444 e. The van der Waals surface area contributed by atoms with Gasteiger partial charge in [-0.15, -0.1) is 0 Å². The second-order valence-corrected chi connectivity index (χ2v) is 5.61. The molecule has 0 heterocycles. The second-order valence-electron chi connectivity index (χ2n) is 5.61. The Morgan fingerprint density at radius 2 is 1.82 bits per heavy atom. The van der Waals surface area contributed by atoms with Crippen LogP contribution in [0.1, 0.15) is 25.8 Å². The van der Waals surface area contributed by atoms with Gasteiger partial charge < -0.3 is 16.2 Å². The molecule has 0 saturated carbocycles. The first-order valence-corrected chi connectivity index (χ1v) is 6.62. The highest BCUT2D eigenvalue weighted by Crippen LogP contribution is 2.24. The number of carbonyl (C=O) groups excluding carboxylic acids is 2. The number of carbonyl (C=O) groups is 2. The number of nitro groups is 1. The van der Waals surface area contributed by atoms with E-state index >= 15 is 0 Å². The van der Waals surface area contributed by atoms with E-state index < -0.39 is 28.4 Å². The van der Waals surface area contributed by atoms with Gasteiger partial charge in [-0.25, -0.2) is 4.79 Å². The maximum Gasteiger partial charge on any atom is 0.405 e. The molecule has 0 spiro atoms. The molecular weight excluding hydrogens is 290 g/mol. The van der Waals surface area contributed by atoms with Gasteiger partial charge in [-0.3, -0.25) is 14.9 Å². The molecule has 0 aliphatic carbocycles. The van der Waals surface area contributed by atoms with E-state index in [9.17, 15) is 19.7 Å². The van der Waals surface area contributed by atoms with Crippen molar-refractivity contribution in [2.24, 2.45) is 17.4 Å². The summed E-state index contributed by atoms with van der Waals surface area (Å²) in [5.41, 5.74) is 10.1. The summed E-state index contributed by atoms with van der Waals surface area (Å²) in [7, 11) is 0. The highest BCUT2D eigenvalue weighted by molar-refractivity contribution is 5.77. The second kappa shape index (κ2) is 6.88. The molecule has 1 atom stereocenters. The van der Waals surface area contributed by atoms with Gasteiger partial charge in [-0.2, -0.15) is 0 Å². The van der Waals surface area contributed by atoms with Crippen molar-refractivity contribution in [3.05, 3.63) is 39.9 Å². The van der Waals surface area contributed by atoms with Gasteiger partial charge in [0.15, 0.2) is 0 Å². The molecular formula is C14H19N3O5. The van der Waals surface area contributed by atoms with Crippen LogP contribution in [0.3, 0.4) is 0 Å². The van der Waals surface area contributed by atoms with E-state index in [2.05, 4.69) is 0 Å². The maximum absolute atomic E-state index is 11.6. The van der Waals surface area contributed by atoms with E-state index in [1.165, 1.54) is 12.1 Å². The number of nitro benzene ring substituents is 1. The number of hydrogen-bond donors (Lipinski definition) is 2. The van der Waals surface area contributed by atoms with Crippen LogP contribution in [-0.2, 0) is 16.0 Å². The highest BCUT2D eigenvalue weighted by atomic mass is 16.6. The molecule has 2 amide bonds. The smallest absolute Gasteiger partial charge is 0.405 e. The zero-order valence-corrected chi connectivity index (χ0v) is 12.4. The third-order valence-electron chi connectivity index (χ3n) is 3.15. The Bertz CT molecular complexity index is 568. The van der Waals surface area contributed by atoms with Gasteiger partial charge >= 0.3 is 6.09 Å². The SMILES string of the molecule is CC(C)(CC(Cc1ccc([N+](=O)[O-])cc1)C(N)=O)OC(N)=O. The van der Waals surface area contributed by atoms with Gasteiger partial charge in [0.2, 0.25) is 5.91 Å². The van der Waals surface area contributed by atoms with Gasteiger partial charge in [0.05, 0.1) is 4.92 Å². The number of amides is 2. The standard InChI is InChI=1S/C14H19N3O5/c1-14(2,22-13(16)19)8-10(12(15)18)7-9-3-5-11(6-4-9)17(20)21/h3-6,10H,7-8H2,1-2H3,(H2,15,18)(H2,16,19). The molecule has 8 heteroatoms. The van der Waals surface area contributed by atoms with Crippen LogP contribution in [-0.4, -0.2) is 22.5 Å². The number of nitrogens with zero attached hydrogens (tertiary/aromatic N) is 1. The van der Waals surface area contributed by atoms with Gasteiger partial charge in [0.1, 0.15) is 5.60 Å². The summed E-state index contributed by atoms with van der Waals surface area (Å²) in [6, 6.07) is 5.85. The molecule has 22 heavy (non-hydrogen) atoms. The summed E-state index contributed by atoms with van der Waals surface area (Å²) in [5.74, 6) is -1.13. The molecule has 0 aromatic heterocycles. The fourth-order valence-electron chi connectivity index (χ4n) is 2.22. The molecule has 120 valence electrons. The number of ether oxygens (including phenoxy) is 1. The summed E-state index contributed by atoms with van der Waals surface area (Å²) in [4.78, 5) is 32.5. The lowest BCUT2D eigenvalue weighted by Crippen LogP contribution is -2.37. The first kappa shape index (κ1) is 17.4. The minimum atomic E-state index is -0.938. The lowest BCUT2D eigenvalue weighted by atomic mass is 9.88. The number of primary amides is 2. The van der Waals surface area contributed by atoms with Crippen LogP contribution in [0.4, 0.5) is 10.5 Å². The molecule has 1 aromatic rings. The topological polar surface area (TPSA) is 139 Å². The normalized spacial score (nSPS) is 12.5. The number of hydrogen-bond acceptors (Lipinski definition) is 5. The van der Waals surface area contributed by atoms with E-state index in [0.717, 1.165) is 5.56 Å².